The first-order valence-electron chi connectivity index (χ1n) is 6.65. The van der Waals surface area contributed by atoms with Crippen LogP contribution in [0.2, 0.25) is 0 Å². The van der Waals surface area contributed by atoms with Crippen LogP contribution in [0, 0.1) is 6.92 Å². The van der Waals surface area contributed by atoms with Crippen molar-refractivity contribution < 1.29 is 28.9 Å². The molecule has 0 saturated carbocycles. The lowest BCUT2D eigenvalue weighted by atomic mass is 10.1. The zero-order valence-corrected chi connectivity index (χ0v) is 14.5. The molecular formula is C15H16BrNO6. The number of carbonyl (C=O) groups is 2. The molecule has 0 spiro atoms. The Morgan fingerprint density at radius 2 is 1.91 bits per heavy atom. The quantitative estimate of drug-likeness (QED) is 0.794. The summed E-state index contributed by atoms with van der Waals surface area (Å²) >= 11 is 3.38. The van der Waals surface area contributed by atoms with Crippen molar-refractivity contribution in [1.29, 1.82) is 0 Å². The average Bonchev–Trinajstić information content (AvgIpc) is 2.56. The molecule has 0 bridgehead atoms. The molecule has 0 fully saturated rings. The summed E-state index contributed by atoms with van der Waals surface area (Å²) in [6.45, 7) is 1.66. The maximum absolute atomic E-state index is 12.2. The summed E-state index contributed by atoms with van der Waals surface area (Å²) in [4.78, 5) is 25.6. The number of carbonyl (C=O) groups excluding carboxylic acids is 2. The molecular weight excluding hydrogens is 370 g/mol. The van der Waals surface area contributed by atoms with E-state index in [0.717, 1.165) is 4.47 Å². The van der Waals surface area contributed by atoms with Gasteiger partial charge in [0.1, 0.15) is 18.2 Å². The van der Waals surface area contributed by atoms with E-state index in [-0.39, 0.29) is 30.4 Å². The van der Waals surface area contributed by atoms with Gasteiger partial charge in [0.05, 0.1) is 32.1 Å². The molecule has 0 atom stereocenters. The first kappa shape index (κ1) is 17.3. The molecule has 124 valence electrons. The highest BCUT2D eigenvalue weighted by molar-refractivity contribution is 9.10. The molecule has 0 radical (unpaired) electrons. The lowest BCUT2D eigenvalue weighted by Crippen LogP contribution is -2.39. The van der Waals surface area contributed by atoms with Gasteiger partial charge in [-0.05, 0) is 24.6 Å². The van der Waals surface area contributed by atoms with E-state index >= 15 is 0 Å². The SMILES string of the molecule is COC(=O)C1=C(C(=O)OC)N(c2c(O)ccc(Br)c2C)COC1. The van der Waals surface area contributed by atoms with E-state index in [4.69, 9.17) is 14.2 Å². The van der Waals surface area contributed by atoms with Gasteiger partial charge in [0.25, 0.3) is 0 Å². The monoisotopic (exact) mass is 385 g/mol. The molecule has 23 heavy (non-hydrogen) atoms. The Morgan fingerprint density at radius 3 is 2.52 bits per heavy atom. The third kappa shape index (κ3) is 3.18. The minimum absolute atomic E-state index is 0.0119. The van der Waals surface area contributed by atoms with Crippen LogP contribution >= 0.6 is 15.9 Å². The average molecular weight is 386 g/mol. The van der Waals surface area contributed by atoms with Gasteiger partial charge < -0.3 is 24.2 Å². The second-order valence-electron chi connectivity index (χ2n) is 4.76. The Kier molecular flexibility index (Phi) is 5.27. The molecule has 1 N–H and O–H groups in total. The minimum Gasteiger partial charge on any atom is -0.506 e. The maximum atomic E-state index is 12.2. The number of hydrogen-bond donors (Lipinski definition) is 1. The molecule has 0 aliphatic carbocycles. The van der Waals surface area contributed by atoms with Crippen molar-refractivity contribution >= 4 is 33.6 Å². The van der Waals surface area contributed by atoms with E-state index in [1.165, 1.54) is 25.2 Å². The third-order valence-corrected chi connectivity index (χ3v) is 4.31. The molecule has 2 rings (SSSR count). The predicted octanol–water partition coefficient (Wildman–Crippen LogP) is 1.86. The number of anilines is 1. The third-order valence-electron chi connectivity index (χ3n) is 3.45. The van der Waals surface area contributed by atoms with E-state index in [1.54, 1.807) is 13.0 Å². The first-order valence-corrected chi connectivity index (χ1v) is 7.44. The fourth-order valence-corrected chi connectivity index (χ4v) is 2.64. The van der Waals surface area contributed by atoms with Crippen molar-refractivity contribution in [3.63, 3.8) is 0 Å². The molecule has 0 amide bonds. The molecule has 1 heterocycles. The predicted molar refractivity (Wildman–Crippen MR) is 84.9 cm³/mol. The Bertz CT molecular complexity index is 685. The van der Waals surface area contributed by atoms with Crippen LogP contribution in [-0.4, -0.2) is 44.6 Å². The highest BCUT2D eigenvalue weighted by Crippen LogP contribution is 2.39. The zero-order valence-electron chi connectivity index (χ0n) is 12.9. The van der Waals surface area contributed by atoms with Gasteiger partial charge in [0.2, 0.25) is 0 Å². The Labute approximate surface area is 141 Å². The second-order valence-corrected chi connectivity index (χ2v) is 5.61. The standard InChI is InChI=1S/C15H16BrNO6/c1-8-10(16)4-5-11(18)12(8)17-7-23-6-9(14(19)21-2)13(17)15(20)22-3/h4-5,18H,6-7H2,1-3H3. The zero-order chi connectivity index (χ0) is 17.1. The van der Waals surface area contributed by atoms with Crippen molar-refractivity contribution in [1.82, 2.24) is 0 Å². The number of hydrogen-bond acceptors (Lipinski definition) is 7. The van der Waals surface area contributed by atoms with Crippen LogP contribution in [0.15, 0.2) is 27.9 Å². The summed E-state index contributed by atoms with van der Waals surface area (Å²) in [7, 11) is 2.43. The topological polar surface area (TPSA) is 85.3 Å². The Morgan fingerprint density at radius 1 is 1.26 bits per heavy atom. The summed E-state index contributed by atoms with van der Waals surface area (Å²) < 4.78 is 15.6. The van der Waals surface area contributed by atoms with Gasteiger partial charge in [-0.2, -0.15) is 0 Å². The summed E-state index contributed by atoms with van der Waals surface area (Å²) in [6.07, 6.45) is 0. The number of esters is 2. The number of phenolic OH excluding ortho intramolecular Hbond substituents is 1. The fraction of sp³-hybridized carbons (Fsp3) is 0.333. The number of benzene rings is 1. The van der Waals surface area contributed by atoms with Gasteiger partial charge in [-0.1, -0.05) is 15.9 Å². The van der Waals surface area contributed by atoms with Crippen LogP contribution in [0.3, 0.4) is 0 Å². The van der Waals surface area contributed by atoms with Crippen LogP contribution in [0.5, 0.6) is 5.75 Å². The number of methoxy groups -OCH3 is 2. The lowest BCUT2D eigenvalue weighted by Gasteiger charge is -2.32. The molecule has 8 heteroatoms. The van der Waals surface area contributed by atoms with Gasteiger partial charge in [-0.15, -0.1) is 0 Å². The molecule has 0 saturated heterocycles. The van der Waals surface area contributed by atoms with Gasteiger partial charge in [-0.25, -0.2) is 9.59 Å². The molecule has 0 unspecified atom stereocenters. The largest absolute Gasteiger partial charge is 0.506 e. The summed E-state index contributed by atoms with van der Waals surface area (Å²) in [5.41, 5.74) is 1.05. The van der Waals surface area contributed by atoms with Gasteiger partial charge >= 0.3 is 11.9 Å². The maximum Gasteiger partial charge on any atom is 0.355 e. The Hall–Kier alpha value is -2.06. The summed E-state index contributed by atoms with van der Waals surface area (Å²) in [5.74, 6) is -1.46. The number of ether oxygens (including phenoxy) is 3. The van der Waals surface area contributed by atoms with E-state index in [1.807, 2.05) is 0 Å². The van der Waals surface area contributed by atoms with Gasteiger partial charge in [0, 0.05) is 4.47 Å². The van der Waals surface area contributed by atoms with E-state index in [0.29, 0.717) is 11.3 Å². The summed E-state index contributed by atoms with van der Waals surface area (Å²) in [6, 6.07) is 3.16. The van der Waals surface area contributed by atoms with Crippen molar-refractivity contribution in [3.05, 3.63) is 33.4 Å². The smallest absolute Gasteiger partial charge is 0.355 e. The summed E-state index contributed by atoms with van der Waals surface area (Å²) in [5, 5.41) is 10.2. The normalized spacial score (nSPS) is 14.7. The molecule has 7 nitrogen and oxygen atoms in total. The number of nitrogens with zero attached hydrogens (tertiary/aromatic N) is 1. The van der Waals surface area contributed by atoms with Crippen LogP contribution in [-0.2, 0) is 23.8 Å². The fourth-order valence-electron chi connectivity index (χ4n) is 2.32. The number of phenols is 1. The van der Waals surface area contributed by atoms with E-state index < -0.39 is 11.9 Å². The van der Waals surface area contributed by atoms with Crippen LogP contribution < -0.4 is 4.90 Å². The highest BCUT2D eigenvalue weighted by atomic mass is 79.9. The molecule has 0 aromatic heterocycles. The first-order chi connectivity index (χ1) is 10.9. The van der Waals surface area contributed by atoms with Crippen molar-refractivity contribution in [2.45, 2.75) is 6.92 Å². The highest BCUT2D eigenvalue weighted by Gasteiger charge is 2.34. The molecule has 1 aliphatic heterocycles. The molecule has 1 aliphatic rings. The van der Waals surface area contributed by atoms with Crippen molar-refractivity contribution in [3.8, 4) is 5.75 Å². The molecule has 1 aromatic rings. The van der Waals surface area contributed by atoms with Gasteiger partial charge in [0.15, 0.2) is 0 Å². The van der Waals surface area contributed by atoms with Crippen LogP contribution in [0.4, 0.5) is 5.69 Å². The molecule has 1 aromatic carbocycles. The Balaban J connectivity index is 2.68. The van der Waals surface area contributed by atoms with E-state index in [2.05, 4.69) is 15.9 Å². The van der Waals surface area contributed by atoms with E-state index in [9.17, 15) is 14.7 Å². The van der Waals surface area contributed by atoms with Gasteiger partial charge in [-0.3, -0.25) is 0 Å². The minimum atomic E-state index is -0.715. The second kappa shape index (κ2) is 7.01. The number of aromatic hydroxyl groups is 1. The lowest BCUT2D eigenvalue weighted by molar-refractivity contribution is -0.140. The van der Waals surface area contributed by atoms with Crippen LogP contribution in [0.1, 0.15) is 5.56 Å². The van der Waals surface area contributed by atoms with Crippen molar-refractivity contribution in [2.75, 3.05) is 32.5 Å². The number of rotatable bonds is 3. The number of halogens is 1. The van der Waals surface area contributed by atoms with Crippen molar-refractivity contribution in [2.24, 2.45) is 0 Å². The van der Waals surface area contributed by atoms with Crippen LogP contribution in [0.25, 0.3) is 0 Å².